The second-order valence-electron chi connectivity index (χ2n) is 6.41. The molecule has 5 heteroatoms. The van der Waals surface area contributed by atoms with Gasteiger partial charge in [0.1, 0.15) is 12.1 Å². The van der Waals surface area contributed by atoms with E-state index in [9.17, 15) is 0 Å². The average Bonchev–Trinajstić information content (AvgIpc) is 3.29. The van der Waals surface area contributed by atoms with Gasteiger partial charge in [-0.3, -0.25) is 0 Å². The van der Waals surface area contributed by atoms with Crippen molar-refractivity contribution in [3.05, 3.63) is 90.3 Å². The van der Waals surface area contributed by atoms with Gasteiger partial charge in [-0.05, 0) is 57.1 Å². The van der Waals surface area contributed by atoms with Gasteiger partial charge in [-0.2, -0.15) is 11.3 Å². The van der Waals surface area contributed by atoms with Gasteiger partial charge < -0.3 is 5.32 Å². The highest BCUT2D eigenvalue weighted by molar-refractivity contribution is 7.08. The fourth-order valence-corrected chi connectivity index (χ4v) is 3.99. The van der Waals surface area contributed by atoms with Crippen LogP contribution in [0.1, 0.15) is 0 Å². The van der Waals surface area contributed by atoms with Crippen LogP contribution in [0.4, 0.5) is 11.5 Å². The van der Waals surface area contributed by atoms with Gasteiger partial charge in [0, 0.05) is 35.2 Å². The Balaban J connectivity index is 1.55. The van der Waals surface area contributed by atoms with Crippen molar-refractivity contribution in [2.45, 2.75) is 0 Å². The predicted molar refractivity (Wildman–Crippen MR) is 116 cm³/mol. The van der Waals surface area contributed by atoms with Gasteiger partial charge in [-0.25, -0.2) is 15.0 Å². The minimum Gasteiger partial charge on any atom is -0.340 e. The first-order chi connectivity index (χ1) is 13.9. The van der Waals surface area contributed by atoms with E-state index in [1.165, 1.54) is 22.8 Å². The molecule has 1 N–H and O–H groups in total. The van der Waals surface area contributed by atoms with Gasteiger partial charge in [0.05, 0.1) is 0 Å². The van der Waals surface area contributed by atoms with E-state index in [-0.39, 0.29) is 0 Å². The lowest BCUT2D eigenvalue weighted by Gasteiger charge is -2.12. The van der Waals surface area contributed by atoms with E-state index in [1.54, 1.807) is 11.3 Å². The minimum atomic E-state index is 0.844. The highest BCUT2D eigenvalue weighted by Crippen LogP contribution is 2.33. The summed E-state index contributed by atoms with van der Waals surface area (Å²) in [7, 11) is 0. The fraction of sp³-hybridized carbons (Fsp3) is 0. The number of fused-ring (bicyclic) bond motifs is 1. The summed E-state index contributed by atoms with van der Waals surface area (Å²) in [6.45, 7) is 0. The summed E-state index contributed by atoms with van der Waals surface area (Å²) in [5, 5.41) is 10.0. The Kier molecular flexibility index (Phi) is 4.27. The summed E-state index contributed by atoms with van der Waals surface area (Å²) in [5.41, 5.74) is 5.47. The van der Waals surface area contributed by atoms with Crippen LogP contribution in [0, 0.1) is 0 Å². The van der Waals surface area contributed by atoms with Gasteiger partial charge >= 0.3 is 0 Å². The molecule has 0 bridgehead atoms. The smallest absolute Gasteiger partial charge is 0.138 e. The van der Waals surface area contributed by atoms with Crippen LogP contribution in [-0.2, 0) is 0 Å². The van der Waals surface area contributed by atoms with Crippen LogP contribution in [0.15, 0.2) is 90.3 Å². The maximum atomic E-state index is 4.59. The maximum absolute atomic E-state index is 4.59. The largest absolute Gasteiger partial charge is 0.340 e. The van der Waals surface area contributed by atoms with Crippen molar-refractivity contribution in [2.75, 3.05) is 5.32 Å². The molecule has 0 amide bonds. The van der Waals surface area contributed by atoms with E-state index in [0.29, 0.717) is 0 Å². The molecule has 0 saturated carbocycles. The first-order valence-corrected chi connectivity index (χ1v) is 9.85. The lowest BCUT2D eigenvalue weighted by Crippen LogP contribution is -1.95. The van der Waals surface area contributed by atoms with Gasteiger partial charge in [-0.1, -0.05) is 30.3 Å². The van der Waals surface area contributed by atoms with E-state index < -0.39 is 0 Å². The van der Waals surface area contributed by atoms with Crippen molar-refractivity contribution < 1.29 is 0 Å². The van der Waals surface area contributed by atoms with Crippen molar-refractivity contribution in [2.24, 2.45) is 0 Å². The molecule has 28 heavy (non-hydrogen) atoms. The Labute approximate surface area is 166 Å². The van der Waals surface area contributed by atoms with Gasteiger partial charge in [0.15, 0.2) is 0 Å². The molecule has 134 valence electrons. The Morgan fingerprint density at radius 1 is 0.786 bits per heavy atom. The zero-order chi connectivity index (χ0) is 18.8. The third-order valence-corrected chi connectivity index (χ3v) is 5.34. The molecule has 5 aromatic rings. The first kappa shape index (κ1) is 16.6. The highest BCUT2D eigenvalue weighted by Gasteiger charge is 2.09. The number of pyridine rings is 1. The molecule has 0 saturated heterocycles. The number of thiophene rings is 1. The summed E-state index contributed by atoms with van der Waals surface area (Å²) in [4.78, 5) is 12.8. The topological polar surface area (TPSA) is 50.7 Å². The van der Waals surface area contributed by atoms with Crippen molar-refractivity contribution >= 4 is 33.6 Å². The number of hydrogen-bond acceptors (Lipinski definition) is 5. The van der Waals surface area contributed by atoms with Gasteiger partial charge in [0.2, 0.25) is 0 Å². The number of rotatable bonds is 4. The third-order valence-electron chi connectivity index (χ3n) is 4.66. The number of nitrogens with zero attached hydrogens (tertiary/aromatic N) is 3. The van der Waals surface area contributed by atoms with E-state index in [2.05, 4.69) is 73.5 Å². The molecule has 0 fully saturated rings. The van der Waals surface area contributed by atoms with Gasteiger partial charge in [0.25, 0.3) is 0 Å². The second kappa shape index (κ2) is 7.21. The van der Waals surface area contributed by atoms with Crippen LogP contribution in [0.5, 0.6) is 0 Å². The molecule has 3 aromatic heterocycles. The van der Waals surface area contributed by atoms with E-state index in [0.717, 1.165) is 28.0 Å². The van der Waals surface area contributed by atoms with E-state index >= 15 is 0 Å². The Hall–Kier alpha value is -3.57. The molecule has 3 heterocycles. The van der Waals surface area contributed by atoms with Crippen LogP contribution in [0.3, 0.4) is 0 Å². The van der Waals surface area contributed by atoms with Crippen LogP contribution in [0.2, 0.25) is 0 Å². The molecule has 0 aliphatic rings. The summed E-state index contributed by atoms with van der Waals surface area (Å²) in [5.74, 6) is 0.844. The number of nitrogens with one attached hydrogen (secondary N) is 1. The number of hydrogen-bond donors (Lipinski definition) is 1. The molecule has 5 rings (SSSR count). The van der Waals surface area contributed by atoms with Crippen molar-refractivity contribution in [3.63, 3.8) is 0 Å². The van der Waals surface area contributed by atoms with Crippen molar-refractivity contribution in [1.82, 2.24) is 15.0 Å². The Bertz CT molecular complexity index is 1230. The SMILES string of the molecule is c1cc(Nc2nccc3c(-c4ccsc4)cccc23)cc(-c2cncnc2)c1. The minimum absolute atomic E-state index is 0.844. The highest BCUT2D eigenvalue weighted by atomic mass is 32.1. The van der Waals surface area contributed by atoms with Crippen LogP contribution >= 0.6 is 11.3 Å². The molecule has 0 radical (unpaired) electrons. The molecule has 0 atom stereocenters. The Morgan fingerprint density at radius 3 is 2.54 bits per heavy atom. The monoisotopic (exact) mass is 380 g/mol. The van der Waals surface area contributed by atoms with Crippen LogP contribution in [-0.4, -0.2) is 15.0 Å². The maximum Gasteiger partial charge on any atom is 0.138 e. The number of benzene rings is 2. The fourth-order valence-electron chi connectivity index (χ4n) is 3.34. The molecule has 0 aliphatic heterocycles. The lowest BCUT2D eigenvalue weighted by molar-refractivity contribution is 1.17. The quantitative estimate of drug-likeness (QED) is 0.405. The zero-order valence-corrected chi connectivity index (χ0v) is 15.7. The normalized spacial score (nSPS) is 10.9. The summed E-state index contributed by atoms with van der Waals surface area (Å²) >= 11 is 1.71. The molecule has 0 unspecified atom stereocenters. The van der Waals surface area contributed by atoms with Crippen LogP contribution < -0.4 is 5.32 Å². The summed E-state index contributed by atoms with van der Waals surface area (Å²) in [6.07, 6.45) is 7.02. The summed E-state index contributed by atoms with van der Waals surface area (Å²) in [6, 6.07) is 18.8. The van der Waals surface area contributed by atoms with Crippen LogP contribution in [0.25, 0.3) is 33.0 Å². The Morgan fingerprint density at radius 2 is 1.68 bits per heavy atom. The average molecular weight is 380 g/mol. The summed E-state index contributed by atoms with van der Waals surface area (Å²) < 4.78 is 0. The standard InChI is InChI=1S/C23H16N4S/c1-3-16(18-12-24-15-25-13-18)11-19(4-1)27-23-22-6-2-5-20(17-8-10-28-14-17)21(22)7-9-26-23/h1-15H,(H,26,27). The molecule has 0 spiro atoms. The van der Waals surface area contributed by atoms with E-state index in [4.69, 9.17) is 0 Å². The van der Waals surface area contributed by atoms with Crippen molar-refractivity contribution in [3.8, 4) is 22.3 Å². The molecular weight excluding hydrogens is 364 g/mol. The second-order valence-corrected chi connectivity index (χ2v) is 7.19. The lowest BCUT2D eigenvalue weighted by atomic mass is 10.0. The van der Waals surface area contributed by atoms with Gasteiger partial charge in [-0.15, -0.1) is 0 Å². The predicted octanol–water partition coefficient (Wildman–Crippen LogP) is 6.16. The molecular formula is C23H16N4S. The van der Waals surface area contributed by atoms with Crippen molar-refractivity contribution in [1.29, 1.82) is 0 Å². The zero-order valence-electron chi connectivity index (χ0n) is 14.9. The number of aromatic nitrogens is 3. The van der Waals surface area contributed by atoms with E-state index in [1.807, 2.05) is 30.7 Å². The molecule has 2 aromatic carbocycles. The number of anilines is 2. The third kappa shape index (κ3) is 3.12. The molecule has 0 aliphatic carbocycles. The first-order valence-electron chi connectivity index (χ1n) is 8.91. The molecule has 4 nitrogen and oxygen atoms in total.